The van der Waals surface area contributed by atoms with E-state index in [2.05, 4.69) is 0 Å². The Balaban J connectivity index is 3.85. The van der Waals surface area contributed by atoms with Crippen LogP contribution in [0, 0.1) is 5.75 Å². The van der Waals surface area contributed by atoms with Crippen LogP contribution in [0.1, 0.15) is 6.92 Å². The fourth-order valence-corrected chi connectivity index (χ4v) is 0. The topological polar surface area (TPSA) is 34.1 Å². The van der Waals surface area contributed by atoms with E-state index < -0.39 is 10.2 Å². The molecular formula is C2H4FO2S. The molecule has 1 radical (unpaired) electrons. The van der Waals surface area contributed by atoms with Crippen LogP contribution in [-0.4, -0.2) is 8.42 Å². The van der Waals surface area contributed by atoms with Gasteiger partial charge in [-0.2, -0.15) is 8.42 Å². The van der Waals surface area contributed by atoms with Crippen LogP contribution < -0.4 is 0 Å². The highest BCUT2D eigenvalue weighted by molar-refractivity contribution is 7.88. The first-order valence-corrected chi connectivity index (χ1v) is 2.75. The minimum absolute atomic E-state index is 0.493. The Kier molecular flexibility index (Phi) is 1.52. The Morgan fingerprint density at radius 1 is 1.67 bits per heavy atom. The molecule has 0 bridgehead atoms. The Morgan fingerprint density at radius 3 is 1.83 bits per heavy atom. The van der Waals surface area contributed by atoms with E-state index >= 15 is 0 Å². The predicted octanol–water partition coefficient (Wildman–Crippen LogP) is 0.467. The number of hydrogen-bond acceptors (Lipinski definition) is 2. The third-order valence-electron chi connectivity index (χ3n) is 0.282. The molecule has 0 atom stereocenters. The van der Waals surface area contributed by atoms with Crippen molar-refractivity contribution in [3.63, 3.8) is 0 Å². The molecule has 0 fully saturated rings. The Bertz CT molecular complexity index is 114. The molecule has 0 aromatic heterocycles. The van der Waals surface area contributed by atoms with Gasteiger partial charge in [-0.25, -0.2) is 0 Å². The lowest BCUT2D eigenvalue weighted by atomic mass is 11.0. The fourth-order valence-electron chi connectivity index (χ4n) is 0. The third kappa shape index (κ3) is 3.88. The van der Waals surface area contributed by atoms with Gasteiger partial charge in [-0.15, -0.1) is 3.89 Å². The van der Waals surface area contributed by atoms with Crippen LogP contribution in [-0.2, 0) is 10.2 Å². The molecule has 0 aliphatic rings. The average Bonchev–Trinajstić information content (AvgIpc) is 1.35. The minimum atomic E-state index is -4.29. The highest BCUT2D eigenvalue weighted by atomic mass is 32.3. The van der Waals surface area contributed by atoms with E-state index in [0.29, 0.717) is 5.75 Å². The molecular weight excluding hydrogens is 107 g/mol. The molecule has 0 saturated heterocycles. The normalized spacial score (nSPS) is 11.7. The van der Waals surface area contributed by atoms with Gasteiger partial charge in [-0.05, 0) is 6.92 Å². The van der Waals surface area contributed by atoms with Crippen molar-refractivity contribution in [2.45, 2.75) is 6.92 Å². The molecule has 0 unspecified atom stereocenters. The molecule has 0 aliphatic carbocycles. The van der Waals surface area contributed by atoms with E-state index in [4.69, 9.17) is 0 Å². The highest BCUT2D eigenvalue weighted by Gasteiger charge is 1.98. The van der Waals surface area contributed by atoms with Gasteiger partial charge in [0.1, 0.15) is 5.75 Å². The van der Waals surface area contributed by atoms with Crippen molar-refractivity contribution in [1.29, 1.82) is 0 Å². The van der Waals surface area contributed by atoms with E-state index in [0.717, 1.165) is 6.92 Å². The van der Waals surface area contributed by atoms with Gasteiger partial charge in [-0.3, -0.25) is 0 Å². The van der Waals surface area contributed by atoms with Crippen molar-refractivity contribution in [1.82, 2.24) is 0 Å². The summed E-state index contributed by atoms with van der Waals surface area (Å²) in [7, 11) is -4.29. The van der Waals surface area contributed by atoms with Gasteiger partial charge in [0.15, 0.2) is 0 Å². The lowest BCUT2D eigenvalue weighted by Gasteiger charge is -1.74. The summed E-state index contributed by atoms with van der Waals surface area (Å²) in [5, 5.41) is 0. The molecule has 37 valence electrons. The number of rotatable bonds is 1. The summed E-state index contributed by atoms with van der Waals surface area (Å²) >= 11 is 0. The van der Waals surface area contributed by atoms with E-state index in [1.165, 1.54) is 0 Å². The van der Waals surface area contributed by atoms with Gasteiger partial charge in [0.25, 0.3) is 0 Å². The standard InChI is InChI=1S/C2H4FO2S/c1-2-6(3,4)5/h2H,1H3. The van der Waals surface area contributed by atoms with Crippen LogP contribution in [0.2, 0.25) is 0 Å². The second-order valence-corrected chi connectivity index (χ2v) is 2.13. The maximum Gasteiger partial charge on any atom is 0.306 e. The monoisotopic (exact) mass is 111 g/mol. The second kappa shape index (κ2) is 1.55. The third-order valence-corrected chi connectivity index (χ3v) is 0.845. The molecule has 0 spiro atoms. The maximum absolute atomic E-state index is 11.0. The van der Waals surface area contributed by atoms with Gasteiger partial charge in [-0.1, -0.05) is 0 Å². The quantitative estimate of drug-likeness (QED) is 0.461. The molecule has 0 amide bonds. The lowest BCUT2D eigenvalue weighted by Crippen LogP contribution is -1.83. The molecule has 0 N–H and O–H groups in total. The van der Waals surface area contributed by atoms with Crippen LogP contribution in [0.15, 0.2) is 0 Å². The summed E-state index contributed by atoms with van der Waals surface area (Å²) in [4.78, 5) is 0. The van der Waals surface area contributed by atoms with E-state index in [1.807, 2.05) is 0 Å². The molecule has 0 aromatic carbocycles. The largest absolute Gasteiger partial charge is 0.306 e. The molecule has 0 saturated carbocycles. The van der Waals surface area contributed by atoms with Crippen molar-refractivity contribution in [2.24, 2.45) is 0 Å². The molecule has 0 rings (SSSR count). The summed E-state index contributed by atoms with van der Waals surface area (Å²) < 4.78 is 29.6. The zero-order valence-corrected chi connectivity index (χ0v) is 4.00. The van der Waals surface area contributed by atoms with Gasteiger partial charge < -0.3 is 0 Å². The summed E-state index contributed by atoms with van der Waals surface area (Å²) in [6.45, 7) is 1.12. The van der Waals surface area contributed by atoms with Crippen molar-refractivity contribution in [3.05, 3.63) is 5.75 Å². The number of hydrogen-bond donors (Lipinski definition) is 0. The van der Waals surface area contributed by atoms with Crippen molar-refractivity contribution >= 4 is 10.2 Å². The first-order valence-electron chi connectivity index (χ1n) is 1.30. The minimum Gasteiger partial charge on any atom is -0.195 e. The van der Waals surface area contributed by atoms with E-state index in [1.54, 1.807) is 0 Å². The molecule has 0 aliphatic heterocycles. The summed E-state index contributed by atoms with van der Waals surface area (Å²) in [6.07, 6.45) is 0. The van der Waals surface area contributed by atoms with Crippen LogP contribution in [0.25, 0.3) is 0 Å². The van der Waals surface area contributed by atoms with Crippen molar-refractivity contribution in [2.75, 3.05) is 0 Å². The van der Waals surface area contributed by atoms with Gasteiger partial charge in [0, 0.05) is 0 Å². The zero-order valence-electron chi connectivity index (χ0n) is 3.18. The Hall–Kier alpha value is -0.120. The molecule has 6 heavy (non-hydrogen) atoms. The average molecular weight is 111 g/mol. The van der Waals surface area contributed by atoms with Crippen molar-refractivity contribution in [3.8, 4) is 0 Å². The lowest BCUT2D eigenvalue weighted by molar-refractivity contribution is 0.559. The van der Waals surface area contributed by atoms with Crippen LogP contribution in [0.3, 0.4) is 0 Å². The summed E-state index contributed by atoms with van der Waals surface area (Å²) in [5.74, 6) is 0.493. The predicted molar refractivity (Wildman–Crippen MR) is 20.0 cm³/mol. The van der Waals surface area contributed by atoms with Crippen LogP contribution in [0.5, 0.6) is 0 Å². The molecule has 2 nitrogen and oxygen atoms in total. The Morgan fingerprint density at radius 2 is 1.83 bits per heavy atom. The molecule has 0 aromatic rings. The van der Waals surface area contributed by atoms with Gasteiger partial charge >= 0.3 is 10.2 Å². The maximum atomic E-state index is 11.0. The van der Waals surface area contributed by atoms with E-state index in [9.17, 15) is 12.3 Å². The van der Waals surface area contributed by atoms with Gasteiger partial charge in [0.05, 0.1) is 0 Å². The summed E-state index contributed by atoms with van der Waals surface area (Å²) in [5.41, 5.74) is 0. The molecule has 4 heteroatoms. The van der Waals surface area contributed by atoms with Crippen LogP contribution >= 0.6 is 0 Å². The van der Waals surface area contributed by atoms with Gasteiger partial charge in [0.2, 0.25) is 0 Å². The Labute approximate surface area is 36.2 Å². The van der Waals surface area contributed by atoms with Crippen molar-refractivity contribution < 1.29 is 12.3 Å². The van der Waals surface area contributed by atoms with E-state index in [-0.39, 0.29) is 0 Å². The number of halogens is 1. The fraction of sp³-hybridized carbons (Fsp3) is 0.500. The first-order chi connectivity index (χ1) is 2.56. The van der Waals surface area contributed by atoms with Crippen LogP contribution in [0.4, 0.5) is 3.89 Å². The highest BCUT2D eigenvalue weighted by Crippen LogP contribution is 1.91. The summed E-state index contributed by atoms with van der Waals surface area (Å²) in [6, 6.07) is 0. The zero-order chi connectivity index (χ0) is 5.21. The first kappa shape index (κ1) is 5.88. The smallest absolute Gasteiger partial charge is 0.195 e. The second-order valence-electron chi connectivity index (χ2n) is 0.711. The molecule has 0 heterocycles. The SMILES string of the molecule is C[CH]S(=O)(=O)F.